The highest BCUT2D eigenvalue weighted by molar-refractivity contribution is 6.35. The summed E-state index contributed by atoms with van der Waals surface area (Å²) in [5, 5.41) is 7.12. The number of hydrogen-bond donors (Lipinski definition) is 2. The van der Waals surface area contributed by atoms with Crippen LogP contribution in [0.5, 0.6) is 0 Å². The maximum Gasteiger partial charge on any atom is 0.195 e. The highest BCUT2D eigenvalue weighted by Gasteiger charge is 2.18. The number of aryl methyl sites for hydroxylation is 3. The van der Waals surface area contributed by atoms with Crippen molar-refractivity contribution in [2.45, 2.75) is 20.8 Å². The Balaban J connectivity index is 1.50. The molecular weight excluding hydrogens is 516 g/mol. The summed E-state index contributed by atoms with van der Waals surface area (Å²) in [4.78, 5) is 26.8. The Morgan fingerprint density at radius 3 is 1.60 bits per heavy atom. The Labute approximate surface area is 239 Å². The van der Waals surface area contributed by atoms with Crippen LogP contribution in [0.15, 0.2) is 109 Å². The van der Waals surface area contributed by atoms with Gasteiger partial charge in [0, 0.05) is 39.3 Å². The van der Waals surface area contributed by atoms with Gasteiger partial charge in [0.15, 0.2) is 11.6 Å². The normalized spacial score (nSPS) is 10.7. The maximum atomic E-state index is 13.7. The summed E-state index contributed by atoms with van der Waals surface area (Å²) < 4.78 is 0. The summed E-state index contributed by atoms with van der Waals surface area (Å²) in [6, 6.07) is 34.0. The molecule has 0 aliphatic heterocycles. The van der Waals surface area contributed by atoms with Gasteiger partial charge in [0.2, 0.25) is 0 Å². The van der Waals surface area contributed by atoms with E-state index in [4.69, 9.17) is 11.6 Å². The molecule has 0 unspecified atom stereocenters. The molecule has 0 radical (unpaired) electrons. The van der Waals surface area contributed by atoms with Gasteiger partial charge < -0.3 is 10.6 Å². The number of carbonyl (C=O) groups excluding carboxylic acids is 2. The molecule has 5 aromatic carbocycles. The highest BCUT2D eigenvalue weighted by atomic mass is 35.5. The van der Waals surface area contributed by atoms with E-state index in [0.717, 1.165) is 22.5 Å². The lowest BCUT2D eigenvalue weighted by Gasteiger charge is -2.16. The first-order valence-corrected chi connectivity index (χ1v) is 13.4. The van der Waals surface area contributed by atoms with Gasteiger partial charge in [0.05, 0.1) is 10.7 Å². The van der Waals surface area contributed by atoms with Crippen LogP contribution >= 0.6 is 11.6 Å². The Morgan fingerprint density at radius 1 is 0.525 bits per heavy atom. The highest BCUT2D eigenvalue weighted by Crippen LogP contribution is 2.32. The Bertz CT molecular complexity index is 1720. The number of carbonyl (C=O) groups is 2. The molecule has 5 rings (SSSR count). The fourth-order valence-corrected chi connectivity index (χ4v) is 4.87. The van der Waals surface area contributed by atoms with E-state index in [9.17, 15) is 9.59 Å². The lowest BCUT2D eigenvalue weighted by atomic mass is 9.97. The van der Waals surface area contributed by atoms with Crippen molar-refractivity contribution in [2.75, 3.05) is 10.6 Å². The van der Waals surface area contributed by atoms with Crippen molar-refractivity contribution in [2.24, 2.45) is 0 Å². The minimum atomic E-state index is -0.130. The molecule has 5 heteroatoms. The molecular formula is C35H29ClN2O2. The van der Waals surface area contributed by atoms with Gasteiger partial charge >= 0.3 is 0 Å². The van der Waals surface area contributed by atoms with Crippen molar-refractivity contribution in [1.82, 2.24) is 0 Å². The Morgan fingerprint density at radius 2 is 1.02 bits per heavy atom. The Hall–Kier alpha value is -4.67. The molecule has 0 saturated carbocycles. The van der Waals surface area contributed by atoms with Crippen LogP contribution < -0.4 is 10.6 Å². The molecule has 0 atom stereocenters. The van der Waals surface area contributed by atoms with Crippen LogP contribution in [0.2, 0.25) is 5.02 Å². The zero-order valence-electron chi connectivity index (χ0n) is 22.6. The fourth-order valence-electron chi connectivity index (χ4n) is 4.60. The van der Waals surface area contributed by atoms with E-state index in [-0.39, 0.29) is 11.6 Å². The van der Waals surface area contributed by atoms with Crippen LogP contribution in [0, 0.1) is 20.8 Å². The smallest absolute Gasteiger partial charge is 0.195 e. The molecule has 5 aromatic rings. The van der Waals surface area contributed by atoms with E-state index in [1.165, 1.54) is 5.56 Å². The standard InChI is InChI=1S/C35H29ClN2O2/c1-22-12-14-25(15-13-22)37-27-17-19-31(35(40)29-11-7-5-9-24(29)3)33(21-27)38-26-16-18-30(32(36)20-26)34(39)28-10-6-4-8-23(28)2/h4-21,37-38H,1-3H3. The molecule has 0 spiro atoms. The monoisotopic (exact) mass is 544 g/mol. The number of nitrogens with one attached hydrogen (secondary N) is 2. The molecule has 40 heavy (non-hydrogen) atoms. The summed E-state index contributed by atoms with van der Waals surface area (Å²) in [5.41, 5.74) is 8.23. The van der Waals surface area contributed by atoms with E-state index in [1.54, 1.807) is 24.3 Å². The van der Waals surface area contributed by atoms with E-state index >= 15 is 0 Å². The number of benzene rings is 5. The lowest BCUT2D eigenvalue weighted by Crippen LogP contribution is -2.08. The zero-order valence-corrected chi connectivity index (χ0v) is 23.3. The van der Waals surface area contributed by atoms with Crippen molar-refractivity contribution >= 4 is 45.9 Å². The maximum absolute atomic E-state index is 13.7. The van der Waals surface area contributed by atoms with Crippen molar-refractivity contribution in [3.63, 3.8) is 0 Å². The van der Waals surface area contributed by atoms with E-state index in [2.05, 4.69) is 10.6 Å². The summed E-state index contributed by atoms with van der Waals surface area (Å²) in [7, 11) is 0. The molecule has 0 aliphatic rings. The molecule has 4 nitrogen and oxygen atoms in total. The lowest BCUT2D eigenvalue weighted by molar-refractivity contribution is 0.103. The van der Waals surface area contributed by atoms with Gasteiger partial charge in [-0.25, -0.2) is 0 Å². The van der Waals surface area contributed by atoms with Crippen LogP contribution in [0.4, 0.5) is 22.7 Å². The first-order chi connectivity index (χ1) is 19.3. The van der Waals surface area contributed by atoms with Gasteiger partial charge in [0.1, 0.15) is 0 Å². The number of halogens is 1. The van der Waals surface area contributed by atoms with Gasteiger partial charge in [-0.15, -0.1) is 0 Å². The molecule has 0 aromatic heterocycles. The van der Waals surface area contributed by atoms with Crippen LogP contribution in [-0.2, 0) is 0 Å². The van der Waals surface area contributed by atoms with Crippen molar-refractivity contribution in [3.8, 4) is 0 Å². The molecule has 0 amide bonds. The van der Waals surface area contributed by atoms with Gasteiger partial charge in [-0.3, -0.25) is 9.59 Å². The van der Waals surface area contributed by atoms with Crippen LogP contribution in [0.3, 0.4) is 0 Å². The van der Waals surface area contributed by atoms with E-state index in [0.29, 0.717) is 38.7 Å². The van der Waals surface area contributed by atoms with Crippen molar-refractivity contribution in [1.29, 1.82) is 0 Å². The first-order valence-electron chi connectivity index (χ1n) is 13.0. The second-order valence-electron chi connectivity index (χ2n) is 9.86. The topological polar surface area (TPSA) is 58.2 Å². The zero-order chi connectivity index (χ0) is 28.2. The van der Waals surface area contributed by atoms with E-state index in [1.807, 2.05) is 106 Å². The van der Waals surface area contributed by atoms with Crippen molar-refractivity contribution in [3.05, 3.63) is 153 Å². The SMILES string of the molecule is Cc1ccc(Nc2ccc(C(=O)c3ccccc3C)c(Nc3ccc(C(=O)c4ccccc4C)c(Cl)c3)c2)cc1. The van der Waals surface area contributed by atoms with E-state index < -0.39 is 0 Å². The molecule has 0 heterocycles. The summed E-state index contributed by atoms with van der Waals surface area (Å²) in [6.45, 7) is 5.88. The minimum Gasteiger partial charge on any atom is -0.355 e. The summed E-state index contributed by atoms with van der Waals surface area (Å²) in [6.07, 6.45) is 0. The predicted molar refractivity (Wildman–Crippen MR) is 165 cm³/mol. The van der Waals surface area contributed by atoms with Gasteiger partial charge in [0.25, 0.3) is 0 Å². The molecule has 0 saturated heterocycles. The quantitative estimate of drug-likeness (QED) is 0.191. The summed E-state index contributed by atoms with van der Waals surface area (Å²) in [5.74, 6) is -0.214. The average molecular weight is 545 g/mol. The third-order valence-corrected chi connectivity index (χ3v) is 7.19. The number of rotatable bonds is 8. The number of anilines is 4. The van der Waals surface area contributed by atoms with Crippen LogP contribution in [0.1, 0.15) is 48.5 Å². The van der Waals surface area contributed by atoms with Gasteiger partial charge in [-0.1, -0.05) is 77.8 Å². The molecule has 198 valence electrons. The van der Waals surface area contributed by atoms with Gasteiger partial charge in [-0.2, -0.15) is 0 Å². The molecule has 0 bridgehead atoms. The van der Waals surface area contributed by atoms with Crippen LogP contribution in [0.25, 0.3) is 0 Å². The first kappa shape index (κ1) is 26.9. The minimum absolute atomic E-state index is 0.0834. The van der Waals surface area contributed by atoms with Crippen LogP contribution in [-0.4, -0.2) is 11.6 Å². The number of hydrogen-bond acceptors (Lipinski definition) is 4. The summed E-state index contributed by atoms with van der Waals surface area (Å²) >= 11 is 6.62. The predicted octanol–water partition coefficient (Wildman–Crippen LogP) is 9.21. The second kappa shape index (κ2) is 11.6. The Kier molecular flexibility index (Phi) is 7.81. The van der Waals surface area contributed by atoms with Crippen molar-refractivity contribution < 1.29 is 9.59 Å². The molecule has 0 aliphatic carbocycles. The second-order valence-corrected chi connectivity index (χ2v) is 10.3. The fraction of sp³-hybridized carbons (Fsp3) is 0.0857. The molecule has 2 N–H and O–H groups in total. The molecule has 0 fully saturated rings. The number of ketones is 2. The third-order valence-electron chi connectivity index (χ3n) is 6.88. The largest absolute Gasteiger partial charge is 0.355 e. The van der Waals surface area contributed by atoms with Gasteiger partial charge in [-0.05, 0) is 80.4 Å². The average Bonchev–Trinajstić information content (AvgIpc) is 2.94. The third kappa shape index (κ3) is 5.83.